The molecular weight excluding hydrogens is 903 g/mol. The summed E-state index contributed by atoms with van der Waals surface area (Å²) in [4.78, 5) is 12.5. The molecule has 2 unspecified atom stereocenters. The van der Waals surface area contributed by atoms with Crippen LogP contribution in [0.25, 0.3) is 0 Å². The molecule has 0 aliphatic carbocycles. The number of carbonyl (C=O) groups is 1. The highest BCUT2D eigenvalue weighted by Crippen LogP contribution is 2.19. The van der Waals surface area contributed by atoms with E-state index in [0.29, 0.717) is 6.42 Å². The first kappa shape index (κ1) is 72.6. The first-order chi connectivity index (χ1) is 36.7. The summed E-state index contributed by atoms with van der Waals surface area (Å²) < 4.78 is 0. The molecule has 3 N–H and O–H groups in total. The number of unbranched alkanes of at least 4 members (excludes halogenated alkanes) is 53. The molecule has 0 aromatic carbocycles. The Labute approximate surface area is 465 Å². The highest BCUT2D eigenvalue weighted by molar-refractivity contribution is 5.76. The number of hydrogen-bond acceptors (Lipinski definition) is 3. The van der Waals surface area contributed by atoms with E-state index in [1.165, 1.54) is 334 Å². The lowest BCUT2D eigenvalue weighted by Gasteiger charge is -2.19. The summed E-state index contributed by atoms with van der Waals surface area (Å²) in [5.74, 6) is -0.0655. The average Bonchev–Trinajstić information content (AvgIpc) is 3.40. The van der Waals surface area contributed by atoms with Crippen molar-refractivity contribution in [1.82, 2.24) is 5.32 Å². The first-order valence-electron chi connectivity index (χ1n) is 34.2. The van der Waals surface area contributed by atoms with Crippen molar-refractivity contribution in [3.63, 3.8) is 0 Å². The summed E-state index contributed by atoms with van der Waals surface area (Å²) in [6.45, 7) is 4.34. The Morgan fingerprint density at radius 2 is 0.527 bits per heavy atom. The number of aliphatic hydroxyl groups is 2. The molecule has 0 heterocycles. The van der Waals surface area contributed by atoms with Gasteiger partial charge in [0.25, 0.3) is 0 Å². The van der Waals surface area contributed by atoms with Crippen molar-refractivity contribution in [2.75, 3.05) is 6.61 Å². The van der Waals surface area contributed by atoms with Crippen LogP contribution in [0.1, 0.15) is 386 Å². The van der Waals surface area contributed by atoms with E-state index in [1.807, 2.05) is 6.08 Å². The zero-order chi connectivity index (χ0) is 53.4. The van der Waals surface area contributed by atoms with Crippen LogP contribution in [0, 0.1) is 0 Å². The van der Waals surface area contributed by atoms with Crippen molar-refractivity contribution < 1.29 is 15.0 Å². The molecule has 0 bridgehead atoms. The molecule has 0 aliphatic rings. The minimum Gasteiger partial charge on any atom is -0.394 e. The van der Waals surface area contributed by atoms with Crippen molar-refractivity contribution in [3.8, 4) is 0 Å². The van der Waals surface area contributed by atoms with Gasteiger partial charge in [0.1, 0.15) is 0 Å². The number of hydrogen-bond donors (Lipinski definition) is 3. The van der Waals surface area contributed by atoms with Crippen LogP contribution in [0.4, 0.5) is 0 Å². The summed E-state index contributed by atoms with van der Waals surface area (Å²) in [6, 6.07) is -0.638. The molecule has 2 atom stereocenters. The average molecular weight is 1040 g/mol. The van der Waals surface area contributed by atoms with Crippen LogP contribution in [0.3, 0.4) is 0 Å². The fourth-order valence-corrected chi connectivity index (χ4v) is 10.9. The second-order valence-electron chi connectivity index (χ2n) is 23.6. The number of nitrogens with one attached hydrogen (secondary N) is 1. The Morgan fingerprint density at radius 3 is 0.784 bits per heavy atom. The van der Waals surface area contributed by atoms with Gasteiger partial charge in [-0.3, -0.25) is 4.79 Å². The fraction of sp³-hybridized carbons (Fsp3) is 0.900. The molecule has 0 fully saturated rings. The summed E-state index contributed by atoms with van der Waals surface area (Å²) in [7, 11) is 0. The SMILES string of the molecule is CCCCCCCCCC/C=C\CCCCCCCCCCCCCCCCCCCCCCCCCCCCCC(=O)NC(CO)C(O)/C=C/CC/C=C/CCCCCCCCCCCCCCCCCCC. The third kappa shape index (κ3) is 61.5. The molecule has 438 valence electrons. The lowest BCUT2D eigenvalue weighted by molar-refractivity contribution is -0.123. The maximum Gasteiger partial charge on any atom is 0.220 e. The molecule has 0 radical (unpaired) electrons. The van der Waals surface area contributed by atoms with E-state index < -0.39 is 12.1 Å². The molecule has 0 aliphatic heterocycles. The van der Waals surface area contributed by atoms with Crippen molar-refractivity contribution in [2.24, 2.45) is 0 Å². The van der Waals surface area contributed by atoms with E-state index in [9.17, 15) is 15.0 Å². The highest BCUT2D eigenvalue weighted by atomic mass is 16.3. The quantitative estimate of drug-likeness (QED) is 0.0420. The number of carbonyl (C=O) groups excluding carboxylic acids is 1. The summed E-state index contributed by atoms with van der Waals surface area (Å²) >= 11 is 0. The normalized spacial score (nSPS) is 12.9. The van der Waals surface area contributed by atoms with E-state index >= 15 is 0 Å². The Kier molecular flexibility index (Phi) is 64.7. The monoisotopic (exact) mass is 1040 g/mol. The molecule has 1 amide bonds. The minimum absolute atomic E-state index is 0.0655. The van der Waals surface area contributed by atoms with Crippen LogP contribution in [0.2, 0.25) is 0 Å². The Morgan fingerprint density at radius 1 is 0.311 bits per heavy atom. The van der Waals surface area contributed by atoms with Gasteiger partial charge in [0.2, 0.25) is 5.91 Å². The van der Waals surface area contributed by atoms with E-state index in [-0.39, 0.29) is 12.5 Å². The molecule has 0 aromatic heterocycles. The van der Waals surface area contributed by atoms with Gasteiger partial charge in [-0.15, -0.1) is 0 Å². The van der Waals surface area contributed by atoms with Crippen LogP contribution >= 0.6 is 0 Å². The Hall–Kier alpha value is -1.39. The maximum atomic E-state index is 12.5. The smallest absolute Gasteiger partial charge is 0.220 e. The minimum atomic E-state index is -0.862. The molecule has 0 spiro atoms. The van der Waals surface area contributed by atoms with Crippen LogP contribution in [-0.4, -0.2) is 34.9 Å². The lowest BCUT2D eigenvalue weighted by atomic mass is 10.0. The number of amides is 1. The number of allylic oxidation sites excluding steroid dienone is 5. The van der Waals surface area contributed by atoms with Crippen LogP contribution < -0.4 is 5.32 Å². The van der Waals surface area contributed by atoms with Crippen molar-refractivity contribution in [3.05, 3.63) is 36.5 Å². The van der Waals surface area contributed by atoms with Crippen LogP contribution in [0.5, 0.6) is 0 Å². The van der Waals surface area contributed by atoms with Crippen molar-refractivity contribution in [1.29, 1.82) is 0 Å². The van der Waals surface area contributed by atoms with Gasteiger partial charge in [-0.2, -0.15) is 0 Å². The molecule has 0 saturated heterocycles. The standard InChI is InChI=1S/C70H135NO3/c1-3-5-7-9-11-13-15-17-19-21-23-25-27-28-29-30-31-32-33-34-35-36-37-38-39-40-41-42-44-46-48-50-52-54-56-58-60-62-64-66-70(74)71-68(67-72)69(73)65-63-61-59-57-55-53-51-49-47-45-43-26-24-22-20-18-16-14-12-10-8-6-4-2/h21,23,55,57,63,65,68-69,72-73H,3-20,22,24-54,56,58-62,64,66-67H2,1-2H3,(H,71,74)/b23-21-,57-55+,65-63+. The maximum absolute atomic E-state index is 12.5. The third-order valence-corrected chi connectivity index (χ3v) is 16.1. The molecule has 74 heavy (non-hydrogen) atoms. The van der Waals surface area contributed by atoms with Gasteiger partial charge in [-0.05, 0) is 57.8 Å². The van der Waals surface area contributed by atoms with E-state index in [0.717, 1.165) is 32.1 Å². The van der Waals surface area contributed by atoms with Gasteiger partial charge in [0.05, 0.1) is 18.8 Å². The molecule has 4 heteroatoms. The molecule has 4 nitrogen and oxygen atoms in total. The second-order valence-corrected chi connectivity index (χ2v) is 23.6. The van der Waals surface area contributed by atoms with Gasteiger partial charge in [0.15, 0.2) is 0 Å². The van der Waals surface area contributed by atoms with Crippen LogP contribution in [-0.2, 0) is 4.79 Å². The zero-order valence-electron chi connectivity index (χ0n) is 50.6. The summed E-state index contributed by atoms with van der Waals surface area (Å²) in [5.41, 5.74) is 0. The summed E-state index contributed by atoms with van der Waals surface area (Å²) in [6.07, 6.45) is 91.0. The zero-order valence-corrected chi connectivity index (χ0v) is 50.6. The number of aliphatic hydroxyl groups excluding tert-OH is 2. The molecule has 0 saturated carbocycles. The summed E-state index contributed by atoms with van der Waals surface area (Å²) in [5, 5.41) is 23.2. The van der Waals surface area contributed by atoms with Gasteiger partial charge >= 0.3 is 0 Å². The molecular formula is C70H135NO3. The largest absolute Gasteiger partial charge is 0.394 e. The fourth-order valence-electron chi connectivity index (χ4n) is 10.9. The van der Waals surface area contributed by atoms with Crippen LogP contribution in [0.15, 0.2) is 36.5 Å². The predicted octanol–water partition coefficient (Wildman–Crippen LogP) is 23.2. The van der Waals surface area contributed by atoms with Crippen molar-refractivity contribution in [2.45, 2.75) is 398 Å². The topological polar surface area (TPSA) is 69.6 Å². The second kappa shape index (κ2) is 65.9. The number of rotatable bonds is 64. The highest BCUT2D eigenvalue weighted by Gasteiger charge is 2.18. The lowest BCUT2D eigenvalue weighted by Crippen LogP contribution is -2.45. The molecule has 0 rings (SSSR count). The predicted molar refractivity (Wildman–Crippen MR) is 332 cm³/mol. The molecule has 0 aromatic rings. The van der Waals surface area contributed by atoms with Gasteiger partial charge in [-0.1, -0.05) is 359 Å². The Balaban J connectivity index is 3.41. The third-order valence-electron chi connectivity index (χ3n) is 16.1. The van der Waals surface area contributed by atoms with Gasteiger partial charge < -0.3 is 15.5 Å². The van der Waals surface area contributed by atoms with E-state index in [4.69, 9.17) is 0 Å². The van der Waals surface area contributed by atoms with E-state index in [2.05, 4.69) is 43.5 Å². The van der Waals surface area contributed by atoms with Crippen molar-refractivity contribution >= 4 is 5.91 Å². The first-order valence-corrected chi connectivity index (χ1v) is 34.2. The van der Waals surface area contributed by atoms with Gasteiger partial charge in [-0.25, -0.2) is 0 Å². The van der Waals surface area contributed by atoms with Gasteiger partial charge in [0, 0.05) is 6.42 Å². The van der Waals surface area contributed by atoms with E-state index in [1.54, 1.807) is 6.08 Å². The Bertz CT molecular complexity index is 1130.